The van der Waals surface area contributed by atoms with Crippen LogP contribution in [0.4, 0.5) is 0 Å². The number of hydrogen-bond acceptors (Lipinski definition) is 9. The van der Waals surface area contributed by atoms with E-state index in [1.807, 2.05) is 0 Å². The highest BCUT2D eigenvalue weighted by atomic mass is 32.1. The van der Waals surface area contributed by atoms with Crippen LogP contribution in [0.1, 0.15) is 0 Å². The summed E-state index contributed by atoms with van der Waals surface area (Å²) in [4.78, 5) is 9.76. The van der Waals surface area contributed by atoms with Gasteiger partial charge in [-0.2, -0.15) is 12.6 Å². The lowest BCUT2D eigenvalue weighted by molar-refractivity contribution is -0.137. The van der Waals surface area contributed by atoms with Gasteiger partial charge in [0, 0.05) is 30.0 Å². The van der Waals surface area contributed by atoms with Crippen molar-refractivity contribution in [2.24, 2.45) is 5.73 Å². The molecule has 1 aromatic heterocycles. The first-order chi connectivity index (χ1) is 14.1. The summed E-state index contributed by atoms with van der Waals surface area (Å²) in [7, 11) is 1.39. The van der Waals surface area contributed by atoms with Gasteiger partial charge in [-0.05, 0) is 0 Å². The molecule has 1 heterocycles. The first kappa shape index (κ1) is 22.7. The number of aromatic hydroxyl groups is 5. The molecule has 0 spiro atoms. The number of carboxylic acid groups (broad SMARTS) is 1. The van der Waals surface area contributed by atoms with Crippen molar-refractivity contribution in [1.82, 2.24) is 0 Å². The lowest BCUT2D eigenvalue weighted by atomic mass is 10.1. The molecule has 0 fully saturated rings. The van der Waals surface area contributed by atoms with E-state index in [1.165, 1.54) is 31.4 Å². The van der Waals surface area contributed by atoms with Gasteiger partial charge in [0.25, 0.3) is 0 Å². The summed E-state index contributed by atoms with van der Waals surface area (Å²) in [5, 5.41) is 56.4. The standard InChI is InChI=1S/C16H12O7.C3H7NO2S/c1-22-14-6-9-10(18)4-8(17)5-13(9)23-16(14)7-2-11(19)15(21)12(20)3-7;4-2(1-7)3(5)6/h2-6H,1H3,(H4-,17,18,19,20,21);2,7H,1,4H2,(H,5,6)/p+1/t;2-/m.1/s1. The molecule has 11 heteroatoms. The molecular formula is C19H20NO9S+. The fourth-order valence-electron chi connectivity index (χ4n) is 2.35. The molecule has 0 radical (unpaired) electrons. The summed E-state index contributed by atoms with van der Waals surface area (Å²) < 4.78 is 10.8. The summed E-state index contributed by atoms with van der Waals surface area (Å²) in [5.74, 6) is -2.55. The Bertz CT molecular complexity index is 1060. The highest BCUT2D eigenvalue weighted by molar-refractivity contribution is 7.80. The Morgan fingerprint density at radius 2 is 1.67 bits per heavy atom. The van der Waals surface area contributed by atoms with Crippen molar-refractivity contribution >= 4 is 29.6 Å². The fraction of sp³-hybridized carbons (Fsp3) is 0.158. The van der Waals surface area contributed by atoms with Gasteiger partial charge in [-0.3, -0.25) is 4.79 Å². The number of phenols is 5. The topological polar surface area (TPSA) is 185 Å². The Morgan fingerprint density at radius 1 is 1.07 bits per heavy atom. The zero-order chi connectivity index (χ0) is 22.6. The van der Waals surface area contributed by atoms with Crippen LogP contribution in [0, 0.1) is 0 Å². The van der Waals surface area contributed by atoms with Crippen LogP contribution in [-0.4, -0.2) is 55.5 Å². The molecule has 0 saturated carbocycles. The van der Waals surface area contributed by atoms with E-state index in [-0.39, 0.29) is 39.9 Å². The highest BCUT2D eigenvalue weighted by Gasteiger charge is 2.26. The third kappa shape index (κ3) is 4.88. The summed E-state index contributed by atoms with van der Waals surface area (Å²) in [6.45, 7) is 0. The Balaban J connectivity index is 0.000000396. The monoisotopic (exact) mass is 438 g/mol. The molecule has 0 aliphatic rings. The molecule has 10 nitrogen and oxygen atoms in total. The van der Waals surface area contributed by atoms with Crippen LogP contribution in [0.25, 0.3) is 22.3 Å². The minimum Gasteiger partial charge on any atom is -0.507 e. The third-order valence-corrected chi connectivity index (χ3v) is 4.28. The van der Waals surface area contributed by atoms with Gasteiger partial charge >= 0.3 is 17.3 Å². The quantitative estimate of drug-likeness (QED) is 0.171. The van der Waals surface area contributed by atoms with Crippen LogP contribution in [-0.2, 0) is 4.79 Å². The first-order valence-corrected chi connectivity index (χ1v) is 8.93. The Labute approximate surface area is 175 Å². The minimum absolute atomic E-state index is 0.135. The van der Waals surface area contributed by atoms with Crippen molar-refractivity contribution in [3.8, 4) is 45.8 Å². The zero-order valence-electron chi connectivity index (χ0n) is 15.6. The molecule has 0 saturated heterocycles. The second-order valence-corrected chi connectivity index (χ2v) is 6.38. The number of rotatable bonds is 4. The number of carboxylic acids is 1. The van der Waals surface area contributed by atoms with E-state index in [0.29, 0.717) is 5.39 Å². The predicted molar refractivity (Wildman–Crippen MR) is 110 cm³/mol. The number of carbonyl (C=O) groups is 1. The lowest BCUT2D eigenvalue weighted by Crippen LogP contribution is -2.31. The molecule has 1 atom stereocenters. The molecular weight excluding hydrogens is 418 g/mol. The Hall–Kier alpha value is -3.57. The van der Waals surface area contributed by atoms with Crippen molar-refractivity contribution < 1.29 is 44.6 Å². The van der Waals surface area contributed by atoms with Crippen LogP contribution >= 0.6 is 12.6 Å². The minimum atomic E-state index is -1.00. The van der Waals surface area contributed by atoms with E-state index in [1.54, 1.807) is 0 Å². The lowest BCUT2D eigenvalue weighted by Gasteiger charge is -2.05. The average molecular weight is 438 g/mol. The molecule has 0 unspecified atom stereocenters. The molecule has 0 aliphatic carbocycles. The molecule has 2 aromatic carbocycles. The number of nitrogens with two attached hydrogens (primary N) is 1. The van der Waals surface area contributed by atoms with E-state index < -0.39 is 29.3 Å². The van der Waals surface area contributed by atoms with Crippen molar-refractivity contribution in [2.75, 3.05) is 12.9 Å². The number of phenolic OH excluding ortho intramolecular Hbond substituents is 5. The average Bonchev–Trinajstić information content (AvgIpc) is 2.70. The maximum absolute atomic E-state index is 9.87. The van der Waals surface area contributed by atoms with E-state index >= 15 is 0 Å². The summed E-state index contributed by atoms with van der Waals surface area (Å²) in [5.41, 5.74) is 5.35. The smallest absolute Gasteiger partial charge is 0.402 e. The second kappa shape index (κ2) is 9.29. The summed E-state index contributed by atoms with van der Waals surface area (Å²) in [6, 6.07) is 5.51. The first-order valence-electron chi connectivity index (χ1n) is 8.30. The van der Waals surface area contributed by atoms with Crippen molar-refractivity contribution in [2.45, 2.75) is 6.04 Å². The number of hydrogen-bond donors (Lipinski definition) is 8. The van der Waals surface area contributed by atoms with Gasteiger partial charge < -0.3 is 41.1 Å². The molecule has 0 bridgehead atoms. The number of ether oxygens (including phenoxy) is 1. The van der Waals surface area contributed by atoms with Crippen LogP contribution in [0.2, 0.25) is 0 Å². The van der Waals surface area contributed by atoms with E-state index in [0.717, 1.165) is 6.07 Å². The fourth-order valence-corrected chi connectivity index (χ4v) is 2.51. The van der Waals surface area contributed by atoms with Gasteiger partial charge in [-0.25, -0.2) is 4.42 Å². The van der Waals surface area contributed by atoms with Gasteiger partial charge in [-0.15, -0.1) is 0 Å². The van der Waals surface area contributed by atoms with Crippen LogP contribution in [0.15, 0.2) is 34.7 Å². The SMILES string of the molecule is COc1cc2c(O)cc(O)cc2[o+]c1-c1cc(O)c(O)c(O)c1.N[C@H](CS)C(=O)O. The maximum Gasteiger partial charge on any atom is 0.402 e. The largest absolute Gasteiger partial charge is 0.507 e. The molecule has 0 aliphatic heterocycles. The Kier molecular flexibility index (Phi) is 7.03. The molecule has 160 valence electrons. The highest BCUT2D eigenvalue weighted by Crippen LogP contribution is 2.43. The molecule has 3 aromatic rings. The van der Waals surface area contributed by atoms with Gasteiger partial charge in [0.15, 0.2) is 17.2 Å². The van der Waals surface area contributed by atoms with Gasteiger partial charge in [0.1, 0.15) is 22.9 Å². The van der Waals surface area contributed by atoms with Crippen LogP contribution < -0.4 is 10.5 Å². The Morgan fingerprint density at radius 3 is 2.13 bits per heavy atom. The molecule has 3 rings (SSSR count). The van der Waals surface area contributed by atoms with E-state index in [2.05, 4.69) is 12.6 Å². The maximum atomic E-state index is 9.87. The van der Waals surface area contributed by atoms with Gasteiger partial charge in [0.05, 0.1) is 18.7 Å². The van der Waals surface area contributed by atoms with Gasteiger partial charge in [0.2, 0.25) is 5.75 Å². The molecule has 30 heavy (non-hydrogen) atoms. The second-order valence-electron chi connectivity index (χ2n) is 6.01. The van der Waals surface area contributed by atoms with Crippen molar-refractivity contribution in [3.05, 3.63) is 30.3 Å². The number of aliphatic carboxylic acids is 1. The number of fused-ring (bicyclic) bond motifs is 1. The summed E-state index contributed by atoms with van der Waals surface area (Å²) >= 11 is 3.65. The molecule has 8 N–H and O–H groups in total. The van der Waals surface area contributed by atoms with Crippen molar-refractivity contribution in [3.63, 3.8) is 0 Å². The predicted octanol–water partition coefficient (Wildman–Crippen LogP) is 2.25. The normalized spacial score (nSPS) is 11.4. The number of methoxy groups -OCH3 is 1. The zero-order valence-corrected chi connectivity index (χ0v) is 16.5. The van der Waals surface area contributed by atoms with E-state index in [9.17, 15) is 30.3 Å². The van der Waals surface area contributed by atoms with Crippen molar-refractivity contribution in [1.29, 1.82) is 0 Å². The number of thiol groups is 1. The number of benzene rings is 2. The third-order valence-electron chi connectivity index (χ3n) is 3.88. The van der Waals surface area contributed by atoms with Gasteiger partial charge in [-0.1, -0.05) is 0 Å². The van der Waals surface area contributed by atoms with Crippen LogP contribution in [0.5, 0.6) is 34.5 Å². The van der Waals surface area contributed by atoms with E-state index in [4.69, 9.17) is 20.0 Å². The molecule has 0 amide bonds. The van der Waals surface area contributed by atoms with Crippen LogP contribution in [0.3, 0.4) is 0 Å². The summed E-state index contributed by atoms with van der Waals surface area (Å²) in [6.07, 6.45) is 0.